The van der Waals surface area contributed by atoms with Gasteiger partial charge in [-0.3, -0.25) is 0 Å². The lowest BCUT2D eigenvalue weighted by molar-refractivity contribution is 0.473. The molecule has 1 heteroatoms. The number of allylic oxidation sites excluding steroid dienone is 2. The maximum absolute atomic E-state index is 9.29. The van der Waals surface area contributed by atoms with Gasteiger partial charge in [0.15, 0.2) is 0 Å². The van der Waals surface area contributed by atoms with Crippen LogP contribution in [0.1, 0.15) is 56.9 Å². The van der Waals surface area contributed by atoms with Crippen LogP contribution in [0.5, 0.6) is 5.75 Å². The molecule has 0 aromatic heterocycles. The van der Waals surface area contributed by atoms with Gasteiger partial charge in [0.2, 0.25) is 0 Å². The normalized spacial score (nSPS) is 20.3. The van der Waals surface area contributed by atoms with Crippen molar-refractivity contribution in [2.24, 2.45) is 0 Å². The number of aromatic hydroxyl groups is 1. The minimum atomic E-state index is 0.369. The van der Waals surface area contributed by atoms with Gasteiger partial charge in [-0.25, -0.2) is 0 Å². The standard InChI is InChI=1S/C16H22O/c1-2-3-4-13-5-7-14(8-6-13)15-9-11-16(17)12-10-15/h4,9-12,14,17H,2-3,5-8H2,1H3. The number of benzene rings is 1. The number of phenols is 1. The molecule has 0 unspecified atom stereocenters. The maximum Gasteiger partial charge on any atom is 0.115 e. The largest absolute Gasteiger partial charge is 0.508 e. The van der Waals surface area contributed by atoms with Gasteiger partial charge < -0.3 is 5.11 Å². The Kier molecular flexibility index (Phi) is 4.24. The molecule has 0 heterocycles. The Morgan fingerprint density at radius 2 is 1.82 bits per heavy atom. The van der Waals surface area contributed by atoms with E-state index in [1.165, 1.54) is 44.1 Å². The summed E-state index contributed by atoms with van der Waals surface area (Å²) >= 11 is 0. The van der Waals surface area contributed by atoms with Gasteiger partial charge in [0.1, 0.15) is 5.75 Å². The molecule has 1 aromatic carbocycles. The molecule has 1 N–H and O–H groups in total. The monoisotopic (exact) mass is 230 g/mol. The molecule has 17 heavy (non-hydrogen) atoms. The Hall–Kier alpha value is -1.24. The molecule has 0 aliphatic heterocycles. The van der Waals surface area contributed by atoms with Gasteiger partial charge in [-0.05, 0) is 55.7 Å². The average Bonchev–Trinajstić information content (AvgIpc) is 2.38. The first-order valence-corrected chi connectivity index (χ1v) is 6.76. The Labute approximate surface area is 104 Å². The van der Waals surface area contributed by atoms with E-state index < -0.39 is 0 Å². The molecule has 0 radical (unpaired) electrons. The Balaban J connectivity index is 1.92. The number of phenolic OH excluding ortho intramolecular Hbond substituents is 1. The summed E-state index contributed by atoms with van der Waals surface area (Å²) in [6, 6.07) is 7.75. The predicted molar refractivity (Wildman–Crippen MR) is 72.3 cm³/mol. The van der Waals surface area contributed by atoms with E-state index in [0.29, 0.717) is 11.7 Å². The zero-order valence-electron chi connectivity index (χ0n) is 10.7. The van der Waals surface area contributed by atoms with Gasteiger partial charge in [-0.15, -0.1) is 0 Å². The van der Waals surface area contributed by atoms with Gasteiger partial charge in [0.05, 0.1) is 0 Å². The molecular formula is C16H22O. The van der Waals surface area contributed by atoms with Crippen molar-refractivity contribution in [2.45, 2.75) is 51.4 Å². The van der Waals surface area contributed by atoms with Crippen LogP contribution < -0.4 is 0 Å². The van der Waals surface area contributed by atoms with Crippen LogP contribution in [0.2, 0.25) is 0 Å². The summed E-state index contributed by atoms with van der Waals surface area (Å²) in [5.41, 5.74) is 3.04. The summed E-state index contributed by atoms with van der Waals surface area (Å²) in [6.07, 6.45) is 9.97. The summed E-state index contributed by atoms with van der Waals surface area (Å²) in [5, 5.41) is 9.29. The van der Waals surface area contributed by atoms with Crippen LogP contribution in [0, 0.1) is 0 Å². The third kappa shape index (κ3) is 3.36. The highest BCUT2D eigenvalue weighted by Crippen LogP contribution is 2.35. The van der Waals surface area contributed by atoms with Crippen molar-refractivity contribution in [3.8, 4) is 5.75 Å². The van der Waals surface area contributed by atoms with E-state index in [-0.39, 0.29) is 0 Å². The van der Waals surface area contributed by atoms with Crippen molar-refractivity contribution in [2.75, 3.05) is 0 Å². The highest BCUT2D eigenvalue weighted by Gasteiger charge is 2.17. The van der Waals surface area contributed by atoms with Gasteiger partial charge in [0.25, 0.3) is 0 Å². The molecule has 1 aromatic rings. The molecule has 1 nitrogen and oxygen atoms in total. The Bertz CT molecular complexity index is 365. The van der Waals surface area contributed by atoms with E-state index in [4.69, 9.17) is 0 Å². The van der Waals surface area contributed by atoms with E-state index in [0.717, 1.165) is 0 Å². The lowest BCUT2D eigenvalue weighted by Crippen LogP contribution is -2.06. The van der Waals surface area contributed by atoms with Crippen LogP contribution in [0.4, 0.5) is 0 Å². The molecule has 1 aliphatic rings. The van der Waals surface area contributed by atoms with Gasteiger partial charge in [0, 0.05) is 0 Å². The van der Waals surface area contributed by atoms with E-state index in [1.807, 2.05) is 0 Å². The molecule has 0 spiro atoms. The highest BCUT2D eigenvalue weighted by atomic mass is 16.3. The second-order valence-corrected chi connectivity index (χ2v) is 5.02. The maximum atomic E-state index is 9.29. The second kappa shape index (κ2) is 5.90. The van der Waals surface area contributed by atoms with Crippen LogP contribution in [0.3, 0.4) is 0 Å². The van der Waals surface area contributed by atoms with E-state index in [2.05, 4.69) is 25.1 Å². The van der Waals surface area contributed by atoms with Gasteiger partial charge >= 0.3 is 0 Å². The minimum Gasteiger partial charge on any atom is -0.508 e. The topological polar surface area (TPSA) is 20.2 Å². The van der Waals surface area contributed by atoms with E-state index >= 15 is 0 Å². The summed E-state index contributed by atoms with van der Waals surface area (Å²) in [7, 11) is 0. The van der Waals surface area contributed by atoms with Crippen molar-refractivity contribution >= 4 is 0 Å². The summed E-state index contributed by atoms with van der Waals surface area (Å²) in [5.74, 6) is 1.06. The Morgan fingerprint density at radius 1 is 1.18 bits per heavy atom. The first kappa shape index (κ1) is 12.2. The quantitative estimate of drug-likeness (QED) is 0.741. The van der Waals surface area contributed by atoms with Crippen LogP contribution in [-0.2, 0) is 0 Å². The molecule has 0 amide bonds. The van der Waals surface area contributed by atoms with Crippen molar-refractivity contribution in [1.29, 1.82) is 0 Å². The van der Waals surface area contributed by atoms with Gasteiger partial charge in [-0.1, -0.05) is 37.1 Å². The smallest absolute Gasteiger partial charge is 0.115 e. The number of hydrogen-bond donors (Lipinski definition) is 1. The molecule has 92 valence electrons. The number of hydrogen-bond acceptors (Lipinski definition) is 1. The molecule has 1 aliphatic carbocycles. The Morgan fingerprint density at radius 3 is 2.41 bits per heavy atom. The summed E-state index contributed by atoms with van der Waals surface area (Å²) < 4.78 is 0. The number of unbranched alkanes of at least 4 members (excludes halogenated alkanes) is 1. The molecule has 0 saturated heterocycles. The van der Waals surface area contributed by atoms with Crippen LogP contribution >= 0.6 is 0 Å². The van der Waals surface area contributed by atoms with Gasteiger partial charge in [-0.2, -0.15) is 0 Å². The zero-order chi connectivity index (χ0) is 12.1. The molecule has 2 rings (SSSR count). The number of rotatable bonds is 3. The first-order valence-electron chi connectivity index (χ1n) is 6.76. The van der Waals surface area contributed by atoms with E-state index in [1.54, 1.807) is 17.7 Å². The third-order valence-corrected chi connectivity index (χ3v) is 3.71. The summed E-state index contributed by atoms with van der Waals surface area (Å²) in [6.45, 7) is 2.24. The molecular weight excluding hydrogens is 208 g/mol. The average molecular weight is 230 g/mol. The van der Waals surface area contributed by atoms with Crippen LogP contribution in [0.15, 0.2) is 35.9 Å². The van der Waals surface area contributed by atoms with Crippen molar-refractivity contribution in [1.82, 2.24) is 0 Å². The second-order valence-electron chi connectivity index (χ2n) is 5.02. The molecule has 1 fully saturated rings. The minimum absolute atomic E-state index is 0.369. The molecule has 0 bridgehead atoms. The lowest BCUT2D eigenvalue weighted by Gasteiger charge is -2.24. The first-order chi connectivity index (χ1) is 8.29. The van der Waals surface area contributed by atoms with E-state index in [9.17, 15) is 5.11 Å². The molecule has 0 atom stereocenters. The highest BCUT2D eigenvalue weighted by molar-refractivity contribution is 5.29. The fourth-order valence-electron chi connectivity index (χ4n) is 2.62. The zero-order valence-corrected chi connectivity index (χ0v) is 10.7. The van der Waals surface area contributed by atoms with Crippen molar-refractivity contribution in [3.05, 3.63) is 41.5 Å². The fourth-order valence-corrected chi connectivity index (χ4v) is 2.62. The summed E-state index contributed by atoms with van der Waals surface area (Å²) in [4.78, 5) is 0. The van der Waals surface area contributed by atoms with Crippen molar-refractivity contribution in [3.63, 3.8) is 0 Å². The fraction of sp³-hybridized carbons (Fsp3) is 0.500. The van der Waals surface area contributed by atoms with Crippen molar-refractivity contribution < 1.29 is 5.11 Å². The lowest BCUT2D eigenvalue weighted by atomic mass is 9.81. The van der Waals surface area contributed by atoms with Crippen LogP contribution in [0.25, 0.3) is 0 Å². The third-order valence-electron chi connectivity index (χ3n) is 3.71. The predicted octanol–water partition coefficient (Wildman–Crippen LogP) is 4.78. The molecule has 1 saturated carbocycles. The van der Waals surface area contributed by atoms with Crippen LogP contribution in [-0.4, -0.2) is 5.11 Å². The SMILES string of the molecule is CCCC=C1CCC(c2ccc(O)cc2)CC1.